The molecule has 1 unspecified atom stereocenters. The second-order valence-electron chi connectivity index (χ2n) is 6.49. The summed E-state index contributed by atoms with van der Waals surface area (Å²) < 4.78 is 0. The Hall–Kier alpha value is -2.81. The van der Waals surface area contributed by atoms with E-state index in [-0.39, 0.29) is 18.0 Å². The number of anilines is 2. The summed E-state index contributed by atoms with van der Waals surface area (Å²) in [6.07, 6.45) is 5.61. The first kappa shape index (κ1) is 19.9. The lowest BCUT2D eigenvalue weighted by Gasteiger charge is -2.33. The van der Waals surface area contributed by atoms with Crippen LogP contribution in [-0.2, 0) is 4.79 Å². The molecule has 0 spiro atoms. The Morgan fingerprint density at radius 3 is 2.79 bits per heavy atom. The van der Waals surface area contributed by atoms with E-state index in [1.807, 2.05) is 24.3 Å². The van der Waals surface area contributed by atoms with Crippen LogP contribution in [0.15, 0.2) is 47.6 Å². The smallest absolute Gasteiger partial charge is 0.319 e. The molecule has 4 N–H and O–H groups in total. The molecule has 1 aliphatic rings. The number of nitrogens with two attached hydrogens (primary N) is 1. The Morgan fingerprint density at radius 1 is 1.21 bits per heavy atom. The van der Waals surface area contributed by atoms with E-state index in [9.17, 15) is 9.59 Å². The number of piperidine rings is 1. The third kappa shape index (κ3) is 5.85. The zero-order valence-corrected chi connectivity index (χ0v) is 16.3. The summed E-state index contributed by atoms with van der Waals surface area (Å²) in [5.41, 5.74) is 5.90. The summed E-state index contributed by atoms with van der Waals surface area (Å²) in [6, 6.07) is 9.08. The van der Waals surface area contributed by atoms with E-state index in [0.717, 1.165) is 24.3 Å². The number of amides is 3. The van der Waals surface area contributed by atoms with Crippen molar-refractivity contribution in [1.29, 1.82) is 0 Å². The van der Waals surface area contributed by atoms with E-state index in [0.29, 0.717) is 30.4 Å². The van der Waals surface area contributed by atoms with E-state index in [1.165, 1.54) is 11.8 Å². The van der Waals surface area contributed by atoms with Gasteiger partial charge >= 0.3 is 6.03 Å². The predicted octanol–water partition coefficient (Wildman–Crippen LogP) is 2.23. The normalized spacial score (nSPS) is 16.4. The molecule has 28 heavy (non-hydrogen) atoms. The van der Waals surface area contributed by atoms with Crippen molar-refractivity contribution in [2.75, 3.05) is 29.1 Å². The van der Waals surface area contributed by atoms with Gasteiger partial charge in [0, 0.05) is 48.6 Å². The average molecular weight is 401 g/mol. The molecule has 8 nitrogen and oxygen atoms in total. The molecule has 3 rings (SSSR count). The number of urea groups is 1. The highest BCUT2D eigenvalue weighted by molar-refractivity contribution is 7.99. The summed E-state index contributed by atoms with van der Waals surface area (Å²) >= 11 is 1.49. The average Bonchev–Trinajstić information content (AvgIpc) is 2.70. The van der Waals surface area contributed by atoms with Crippen LogP contribution >= 0.6 is 11.8 Å². The molecule has 1 aromatic carbocycles. The van der Waals surface area contributed by atoms with Crippen molar-refractivity contribution >= 4 is 35.3 Å². The number of thioether (sulfide) groups is 1. The minimum Gasteiger partial charge on any atom is -0.370 e. The zero-order chi connectivity index (χ0) is 19.8. The van der Waals surface area contributed by atoms with Gasteiger partial charge in [-0.1, -0.05) is 12.1 Å². The zero-order valence-electron chi connectivity index (χ0n) is 15.5. The lowest BCUT2D eigenvalue weighted by atomic mass is 10.1. The van der Waals surface area contributed by atoms with Crippen molar-refractivity contribution in [1.82, 2.24) is 15.3 Å². The Labute approximate surface area is 168 Å². The number of para-hydroxylation sites is 1. The summed E-state index contributed by atoms with van der Waals surface area (Å²) in [5, 5.41) is 5.95. The lowest BCUT2D eigenvalue weighted by molar-refractivity contribution is -0.117. The van der Waals surface area contributed by atoms with Crippen LogP contribution in [0, 0.1) is 0 Å². The highest BCUT2D eigenvalue weighted by Crippen LogP contribution is 2.27. The largest absolute Gasteiger partial charge is 0.370 e. The summed E-state index contributed by atoms with van der Waals surface area (Å²) in [7, 11) is 0. The second kappa shape index (κ2) is 9.93. The first-order chi connectivity index (χ1) is 13.6. The van der Waals surface area contributed by atoms with Gasteiger partial charge in [0.1, 0.15) is 0 Å². The van der Waals surface area contributed by atoms with E-state index < -0.39 is 0 Å². The first-order valence-corrected chi connectivity index (χ1v) is 10.2. The predicted molar refractivity (Wildman–Crippen MR) is 110 cm³/mol. The molecule has 0 bridgehead atoms. The first-order valence-electron chi connectivity index (χ1n) is 9.21. The molecular formula is C19H24N6O2S. The van der Waals surface area contributed by atoms with Crippen LogP contribution in [0.25, 0.3) is 0 Å². The Morgan fingerprint density at radius 2 is 2.00 bits per heavy atom. The van der Waals surface area contributed by atoms with Gasteiger partial charge in [-0.05, 0) is 31.0 Å². The van der Waals surface area contributed by atoms with Crippen LogP contribution in [-0.4, -0.2) is 46.8 Å². The number of hydrogen-bond donors (Lipinski definition) is 3. The Kier molecular flexibility index (Phi) is 7.07. The van der Waals surface area contributed by atoms with Gasteiger partial charge in [-0.25, -0.2) is 14.8 Å². The lowest BCUT2D eigenvalue weighted by Crippen LogP contribution is -2.49. The van der Waals surface area contributed by atoms with Crippen LogP contribution in [0.2, 0.25) is 0 Å². The molecular weight excluding hydrogens is 376 g/mol. The molecule has 2 aromatic rings. The number of nitrogens with one attached hydrogen (secondary N) is 2. The van der Waals surface area contributed by atoms with Crippen LogP contribution in [0.1, 0.15) is 19.3 Å². The van der Waals surface area contributed by atoms with E-state index in [4.69, 9.17) is 5.73 Å². The highest BCUT2D eigenvalue weighted by atomic mass is 32.2. The van der Waals surface area contributed by atoms with Gasteiger partial charge in [0.05, 0.1) is 5.69 Å². The number of carbonyl (C=O) groups is 2. The minimum absolute atomic E-state index is 0.0206. The number of rotatable bonds is 7. The van der Waals surface area contributed by atoms with E-state index in [1.54, 1.807) is 18.5 Å². The van der Waals surface area contributed by atoms with Gasteiger partial charge in [0.25, 0.3) is 0 Å². The number of carbonyl (C=O) groups excluding carboxylic acids is 2. The fraction of sp³-hybridized carbons (Fsp3) is 0.368. The highest BCUT2D eigenvalue weighted by Gasteiger charge is 2.23. The Bertz CT molecular complexity index is 804. The molecule has 0 aliphatic carbocycles. The summed E-state index contributed by atoms with van der Waals surface area (Å²) in [4.78, 5) is 35.0. The monoisotopic (exact) mass is 400 g/mol. The van der Waals surface area contributed by atoms with Crippen molar-refractivity contribution < 1.29 is 9.59 Å². The maximum atomic E-state index is 12.5. The molecule has 2 heterocycles. The number of nitrogens with zero attached hydrogens (tertiary/aromatic N) is 3. The molecule has 148 valence electrons. The van der Waals surface area contributed by atoms with Gasteiger partial charge in [0.2, 0.25) is 11.9 Å². The summed E-state index contributed by atoms with van der Waals surface area (Å²) in [6.45, 7) is 1.55. The second-order valence-corrected chi connectivity index (χ2v) is 7.63. The topological polar surface area (TPSA) is 113 Å². The SMILES string of the molecule is NC(=O)CCSc1ccccc1NC(=O)NC1CCCN(c2ncccn2)C1. The van der Waals surface area contributed by atoms with Crippen LogP contribution in [0.4, 0.5) is 16.4 Å². The molecule has 1 fully saturated rings. The van der Waals surface area contributed by atoms with Crippen LogP contribution in [0.5, 0.6) is 0 Å². The molecule has 0 saturated carbocycles. The maximum absolute atomic E-state index is 12.5. The van der Waals surface area contributed by atoms with Crippen molar-refractivity contribution in [3.63, 3.8) is 0 Å². The maximum Gasteiger partial charge on any atom is 0.319 e. The fourth-order valence-corrected chi connectivity index (χ4v) is 4.00. The third-order valence-electron chi connectivity index (χ3n) is 4.33. The van der Waals surface area contributed by atoms with E-state index >= 15 is 0 Å². The number of aromatic nitrogens is 2. The Balaban J connectivity index is 1.55. The molecule has 9 heteroatoms. The molecule has 0 radical (unpaired) electrons. The standard InChI is InChI=1S/C19H24N6O2S/c20-17(26)8-12-28-16-7-2-1-6-15(16)24-19(27)23-14-5-3-11-25(13-14)18-21-9-4-10-22-18/h1-2,4,6-7,9-10,14H,3,5,8,11-13H2,(H2,20,26)(H2,23,24,27). The number of hydrogen-bond acceptors (Lipinski definition) is 6. The van der Waals surface area contributed by atoms with Crippen molar-refractivity contribution in [3.05, 3.63) is 42.7 Å². The summed E-state index contributed by atoms with van der Waals surface area (Å²) in [5.74, 6) is 0.926. The number of benzene rings is 1. The van der Waals surface area contributed by atoms with Gasteiger partial charge in [0.15, 0.2) is 0 Å². The van der Waals surface area contributed by atoms with Crippen LogP contribution in [0.3, 0.4) is 0 Å². The van der Waals surface area contributed by atoms with Gasteiger partial charge < -0.3 is 21.3 Å². The van der Waals surface area contributed by atoms with Crippen LogP contribution < -0.4 is 21.3 Å². The quantitative estimate of drug-likeness (QED) is 0.614. The van der Waals surface area contributed by atoms with Crippen molar-refractivity contribution in [2.45, 2.75) is 30.2 Å². The number of primary amides is 1. The molecule has 1 saturated heterocycles. The molecule has 1 aliphatic heterocycles. The fourth-order valence-electron chi connectivity index (χ4n) is 3.03. The van der Waals surface area contributed by atoms with Gasteiger partial charge in [-0.15, -0.1) is 11.8 Å². The van der Waals surface area contributed by atoms with Crippen molar-refractivity contribution in [2.24, 2.45) is 5.73 Å². The van der Waals surface area contributed by atoms with E-state index in [2.05, 4.69) is 25.5 Å². The third-order valence-corrected chi connectivity index (χ3v) is 5.41. The minimum atomic E-state index is -0.333. The molecule has 1 atom stereocenters. The van der Waals surface area contributed by atoms with Gasteiger partial charge in [-0.3, -0.25) is 4.79 Å². The van der Waals surface area contributed by atoms with Gasteiger partial charge in [-0.2, -0.15) is 0 Å². The van der Waals surface area contributed by atoms with Crippen molar-refractivity contribution in [3.8, 4) is 0 Å². The molecule has 3 amide bonds. The molecule has 1 aromatic heterocycles.